The maximum absolute atomic E-state index is 12.9. The highest BCUT2D eigenvalue weighted by molar-refractivity contribution is 5.90. The molecule has 0 saturated heterocycles. The molecule has 1 amide bonds. The molecule has 0 spiro atoms. The smallest absolute Gasteiger partial charge is 0.340 e. The summed E-state index contributed by atoms with van der Waals surface area (Å²) >= 11 is 0. The van der Waals surface area contributed by atoms with Crippen molar-refractivity contribution in [3.8, 4) is 11.5 Å². The Morgan fingerprint density at radius 1 is 1.14 bits per heavy atom. The van der Waals surface area contributed by atoms with Crippen LogP contribution >= 0.6 is 0 Å². The minimum Gasteiger partial charge on any atom is -0.496 e. The number of methoxy groups -OCH3 is 2. The van der Waals surface area contributed by atoms with Gasteiger partial charge in [0.05, 0.1) is 31.6 Å². The first-order valence-corrected chi connectivity index (χ1v) is 8.62. The Hall–Kier alpha value is -3.35. The molecule has 7 heteroatoms. The van der Waals surface area contributed by atoms with Gasteiger partial charge in [-0.3, -0.25) is 4.79 Å². The topological polar surface area (TPSA) is 77.8 Å². The molecule has 3 aromatic rings. The Labute approximate surface area is 160 Å². The first-order valence-electron chi connectivity index (χ1n) is 8.62. The van der Waals surface area contributed by atoms with Gasteiger partial charge < -0.3 is 19.2 Å². The summed E-state index contributed by atoms with van der Waals surface area (Å²) in [5.74, 6) is 0.303. The van der Waals surface area contributed by atoms with Gasteiger partial charge in [-0.2, -0.15) is 0 Å². The van der Waals surface area contributed by atoms with Crippen molar-refractivity contribution in [1.82, 2.24) is 5.32 Å². The lowest BCUT2D eigenvalue weighted by Crippen LogP contribution is -2.27. The van der Waals surface area contributed by atoms with Gasteiger partial charge >= 0.3 is 5.63 Å². The zero-order valence-electron chi connectivity index (χ0n) is 15.8. The second kappa shape index (κ2) is 8.12. The van der Waals surface area contributed by atoms with Gasteiger partial charge in [0.15, 0.2) is 0 Å². The van der Waals surface area contributed by atoms with E-state index in [0.717, 1.165) is 5.56 Å². The molecular weight excluding hydrogens is 365 g/mol. The number of aryl methyl sites for hydroxylation is 1. The van der Waals surface area contributed by atoms with Crippen molar-refractivity contribution in [2.45, 2.75) is 19.9 Å². The molecule has 2 aromatic carbocycles. The molecule has 146 valence electrons. The first kappa shape index (κ1) is 19.4. The van der Waals surface area contributed by atoms with E-state index in [9.17, 15) is 14.0 Å². The van der Waals surface area contributed by atoms with E-state index in [2.05, 4.69) is 5.32 Å². The molecule has 6 nitrogen and oxygen atoms in total. The summed E-state index contributed by atoms with van der Waals surface area (Å²) < 4.78 is 28.9. The number of amides is 1. The summed E-state index contributed by atoms with van der Waals surface area (Å²) in [7, 11) is 3.01. The fourth-order valence-corrected chi connectivity index (χ4v) is 2.99. The summed E-state index contributed by atoms with van der Waals surface area (Å²) in [6, 6.07) is 9.11. The summed E-state index contributed by atoms with van der Waals surface area (Å²) in [6.07, 6.45) is -0.138. The van der Waals surface area contributed by atoms with E-state index in [1.165, 1.54) is 26.4 Å². The molecule has 0 unspecified atom stereocenters. The van der Waals surface area contributed by atoms with Crippen molar-refractivity contribution in [1.29, 1.82) is 0 Å². The number of carbonyl (C=O) groups excluding carboxylic acids is 1. The number of benzene rings is 2. The number of fused-ring (bicyclic) bond motifs is 1. The highest BCUT2D eigenvalue weighted by Gasteiger charge is 2.18. The third kappa shape index (κ3) is 3.98. The fraction of sp³-hybridized carbons (Fsp3) is 0.238. The molecule has 0 bridgehead atoms. The van der Waals surface area contributed by atoms with Crippen LogP contribution in [0.4, 0.5) is 4.39 Å². The highest BCUT2D eigenvalue weighted by Crippen LogP contribution is 2.33. The molecule has 0 fully saturated rings. The van der Waals surface area contributed by atoms with Crippen LogP contribution in [0.3, 0.4) is 0 Å². The van der Waals surface area contributed by atoms with E-state index in [1.54, 1.807) is 31.2 Å². The first-order chi connectivity index (χ1) is 13.4. The quantitative estimate of drug-likeness (QED) is 0.660. The molecule has 0 aliphatic rings. The van der Waals surface area contributed by atoms with Gasteiger partial charge in [0, 0.05) is 18.7 Å². The van der Waals surface area contributed by atoms with Crippen LogP contribution in [0.15, 0.2) is 45.6 Å². The predicted octanol–water partition coefficient (Wildman–Crippen LogP) is 3.12. The third-order valence-corrected chi connectivity index (χ3v) is 4.51. The Kier molecular flexibility index (Phi) is 5.63. The van der Waals surface area contributed by atoms with Gasteiger partial charge in [-0.25, -0.2) is 9.18 Å². The maximum Gasteiger partial charge on any atom is 0.340 e. The average Bonchev–Trinajstić information content (AvgIpc) is 2.69. The summed E-state index contributed by atoms with van der Waals surface area (Å²) in [6.45, 7) is 1.98. The Bertz CT molecular complexity index is 1070. The van der Waals surface area contributed by atoms with Crippen LogP contribution in [0, 0.1) is 12.7 Å². The van der Waals surface area contributed by atoms with E-state index >= 15 is 0 Å². The van der Waals surface area contributed by atoms with Gasteiger partial charge in [0.2, 0.25) is 5.91 Å². The second-order valence-electron chi connectivity index (χ2n) is 6.28. The average molecular weight is 385 g/mol. The van der Waals surface area contributed by atoms with E-state index < -0.39 is 5.63 Å². The molecular formula is C21H20FNO5. The van der Waals surface area contributed by atoms with Crippen LogP contribution in [-0.2, 0) is 17.8 Å². The van der Waals surface area contributed by atoms with Crippen molar-refractivity contribution in [2.24, 2.45) is 0 Å². The summed E-state index contributed by atoms with van der Waals surface area (Å²) in [4.78, 5) is 24.8. The van der Waals surface area contributed by atoms with Crippen molar-refractivity contribution in [3.05, 3.63) is 69.3 Å². The molecule has 0 aliphatic carbocycles. The Morgan fingerprint density at radius 2 is 1.86 bits per heavy atom. The van der Waals surface area contributed by atoms with Gasteiger partial charge in [-0.05, 0) is 30.2 Å². The zero-order chi connectivity index (χ0) is 20.3. The number of rotatable bonds is 6. The molecule has 0 aliphatic heterocycles. The molecule has 28 heavy (non-hydrogen) atoms. The number of hydrogen-bond donors (Lipinski definition) is 1. The minimum atomic E-state index is -0.586. The molecule has 1 N–H and O–H groups in total. The lowest BCUT2D eigenvalue weighted by Gasteiger charge is -2.12. The number of halogens is 1. The molecule has 0 radical (unpaired) electrons. The predicted molar refractivity (Wildman–Crippen MR) is 102 cm³/mol. The van der Waals surface area contributed by atoms with E-state index in [1.807, 2.05) is 0 Å². The highest BCUT2D eigenvalue weighted by atomic mass is 19.1. The third-order valence-electron chi connectivity index (χ3n) is 4.51. The largest absolute Gasteiger partial charge is 0.496 e. The number of ether oxygens (including phenoxy) is 2. The number of nitrogens with one attached hydrogen (secondary N) is 1. The normalized spacial score (nSPS) is 10.7. The minimum absolute atomic E-state index is 0.138. The fourth-order valence-electron chi connectivity index (χ4n) is 2.99. The van der Waals surface area contributed by atoms with E-state index in [4.69, 9.17) is 13.9 Å². The molecule has 3 rings (SSSR count). The summed E-state index contributed by atoms with van der Waals surface area (Å²) in [5, 5.41) is 3.34. The standard InChI is InChI=1S/C21H20FNO5/c1-12-16(10-19(24)23-11-13-4-6-14(22)7-5-13)21(25)28-18-9-15(26-2)8-17(27-3)20(12)18/h4-9H,10-11H2,1-3H3,(H,23,24). The lowest BCUT2D eigenvalue weighted by molar-refractivity contribution is -0.120. The Balaban J connectivity index is 1.87. The van der Waals surface area contributed by atoms with Crippen LogP contribution in [0.2, 0.25) is 0 Å². The second-order valence-corrected chi connectivity index (χ2v) is 6.28. The zero-order valence-corrected chi connectivity index (χ0v) is 15.8. The van der Waals surface area contributed by atoms with Crippen molar-refractivity contribution in [2.75, 3.05) is 14.2 Å². The van der Waals surface area contributed by atoms with Crippen LogP contribution < -0.4 is 20.4 Å². The molecule has 0 saturated carbocycles. The van der Waals surface area contributed by atoms with Crippen LogP contribution in [0.1, 0.15) is 16.7 Å². The number of hydrogen-bond acceptors (Lipinski definition) is 5. The van der Waals surface area contributed by atoms with Crippen molar-refractivity contribution in [3.63, 3.8) is 0 Å². The van der Waals surface area contributed by atoms with Gasteiger partial charge in [0.1, 0.15) is 22.9 Å². The van der Waals surface area contributed by atoms with Crippen molar-refractivity contribution < 1.29 is 23.1 Å². The van der Waals surface area contributed by atoms with Crippen molar-refractivity contribution >= 4 is 16.9 Å². The number of carbonyl (C=O) groups is 1. The SMILES string of the molecule is COc1cc(OC)c2c(C)c(CC(=O)NCc3ccc(F)cc3)c(=O)oc2c1. The van der Waals surface area contributed by atoms with Crippen LogP contribution in [0.5, 0.6) is 11.5 Å². The van der Waals surface area contributed by atoms with E-state index in [-0.39, 0.29) is 30.3 Å². The van der Waals surface area contributed by atoms with Crippen LogP contribution in [-0.4, -0.2) is 20.1 Å². The van der Waals surface area contributed by atoms with Crippen LogP contribution in [0.25, 0.3) is 11.0 Å². The van der Waals surface area contributed by atoms with Gasteiger partial charge in [-0.15, -0.1) is 0 Å². The lowest BCUT2D eigenvalue weighted by atomic mass is 10.0. The molecule has 0 atom stereocenters. The van der Waals surface area contributed by atoms with E-state index in [0.29, 0.717) is 28.0 Å². The monoisotopic (exact) mass is 385 g/mol. The Morgan fingerprint density at radius 3 is 2.50 bits per heavy atom. The molecule has 1 aromatic heterocycles. The molecule has 1 heterocycles. The maximum atomic E-state index is 12.9. The van der Waals surface area contributed by atoms with Gasteiger partial charge in [-0.1, -0.05) is 12.1 Å². The van der Waals surface area contributed by atoms with Gasteiger partial charge in [0.25, 0.3) is 0 Å². The summed E-state index contributed by atoms with van der Waals surface area (Å²) in [5.41, 5.74) is 1.37.